The normalized spacial score (nSPS) is 19.5. The van der Waals surface area contributed by atoms with Gasteiger partial charge in [0, 0.05) is 0 Å². The Bertz CT molecular complexity index is 1360. The van der Waals surface area contributed by atoms with Crippen LogP contribution in [0.2, 0.25) is 6.55 Å². The predicted molar refractivity (Wildman–Crippen MR) is 145 cm³/mol. The molecule has 2 aliphatic rings. The summed E-state index contributed by atoms with van der Waals surface area (Å²) in [5.74, 6) is 0.249. The molecule has 8 heteroatoms. The number of rotatable bonds is 2. The summed E-state index contributed by atoms with van der Waals surface area (Å²) >= 11 is 9.74. The average Bonchev–Trinajstić information content (AvgIpc) is 3.02. The van der Waals surface area contributed by atoms with Gasteiger partial charge in [-0.05, 0) is 0 Å². The maximum absolute atomic E-state index is 12.4. The summed E-state index contributed by atoms with van der Waals surface area (Å²) in [5.41, 5.74) is 2.60. The first-order chi connectivity index (χ1) is 14.8. The summed E-state index contributed by atoms with van der Waals surface area (Å²) in [6, 6.07) is 14.0. The molecule has 1 unspecified atom stereocenters. The Morgan fingerprint density at radius 3 is 2.52 bits per heavy atom. The van der Waals surface area contributed by atoms with Gasteiger partial charge in [0.1, 0.15) is 0 Å². The number of hydrogen-bond donors (Lipinski definition) is 1. The molecule has 1 N–H and O–H groups in total. The van der Waals surface area contributed by atoms with Crippen molar-refractivity contribution in [2.75, 3.05) is 0 Å². The number of allylic oxidation sites excluding steroid dienone is 4. The van der Waals surface area contributed by atoms with Gasteiger partial charge in [0.05, 0.1) is 0 Å². The van der Waals surface area contributed by atoms with Crippen LogP contribution in [0.5, 0.6) is 5.75 Å². The minimum atomic E-state index is -2.63. The van der Waals surface area contributed by atoms with Gasteiger partial charge < -0.3 is 0 Å². The molecule has 0 saturated carbocycles. The zero-order valence-electron chi connectivity index (χ0n) is 16.1. The molecule has 1 aromatic heterocycles. The Labute approximate surface area is 217 Å². The first kappa shape index (κ1) is 21.8. The molecule has 3 aromatic rings. The Kier molecular flexibility index (Phi) is 5.68. The molecule has 0 saturated heterocycles. The van der Waals surface area contributed by atoms with Crippen LogP contribution in [0.25, 0.3) is 10.0 Å². The third kappa shape index (κ3) is 3.38. The van der Waals surface area contributed by atoms with Gasteiger partial charge in [0.15, 0.2) is 0 Å². The van der Waals surface area contributed by atoms with Crippen LogP contribution in [-0.4, -0.2) is 39.2 Å². The van der Waals surface area contributed by atoms with Crippen molar-refractivity contribution in [2.45, 2.75) is 6.55 Å². The number of nitrogens with zero attached hydrogens (tertiary/aromatic N) is 1. The molecule has 0 bridgehead atoms. The SMILES string of the molecule is C[Si]1(c2ccccc2)C2=CC(=O)C=CC2=Nc2ccc(O)c(-c3[se]c(Br)c(Br)c3I)c21. The molecule has 1 aliphatic carbocycles. The summed E-state index contributed by atoms with van der Waals surface area (Å²) in [6.45, 7) is 2.27. The summed E-state index contributed by atoms with van der Waals surface area (Å²) in [5, 5.41) is 14.4. The number of hydrogen-bond acceptors (Lipinski definition) is 3. The van der Waals surface area contributed by atoms with Crippen molar-refractivity contribution in [1.82, 2.24) is 0 Å². The van der Waals surface area contributed by atoms with E-state index in [1.165, 1.54) is 5.19 Å². The van der Waals surface area contributed by atoms with Crippen LogP contribution < -0.4 is 10.4 Å². The van der Waals surface area contributed by atoms with Crippen LogP contribution in [0.15, 0.2) is 78.7 Å². The standard InChI is InChI=1S/C23H14Br2INO2SeSi/c1-31(13-5-3-2-4-6-13)17-11-12(28)7-8-14(17)27-15-9-10-16(29)18(22(15)31)21-20(26)19(24)23(25)30-21/h2-11,29H,1H3. The zero-order valence-corrected chi connectivity index (χ0v) is 24.2. The summed E-state index contributed by atoms with van der Waals surface area (Å²) in [6.07, 6.45) is 5.16. The fourth-order valence-corrected chi connectivity index (χ4v) is 14.4. The van der Waals surface area contributed by atoms with Gasteiger partial charge in [-0.2, -0.15) is 0 Å². The molecule has 1 aliphatic heterocycles. The average molecular weight is 730 g/mol. The van der Waals surface area contributed by atoms with Gasteiger partial charge in [-0.15, -0.1) is 0 Å². The second-order valence-electron chi connectivity index (χ2n) is 7.47. The van der Waals surface area contributed by atoms with Gasteiger partial charge in [-0.1, -0.05) is 0 Å². The van der Waals surface area contributed by atoms with Crippen LogP contribution in [0.4, 0.5) is 5.69 Å². The third-order valence-electron chi connectivity index (χ3n) is 5.74. The fraction of sp³-hybridized carbons (Fsp3) is 0.0435. The molecule has 154 valence electrons. The summed E-state index contributed by atoms with van der Waals surface area (Å²) < 4.78 is 4.39. The number of aliphatic imine (C=N–C) groups is 1. The number of fused-ring (bicyclic) bond motifs is 2. The molecule has 31 heavy (non-hydrogen) atoms. The molecule has 0 spiro atoms. The number of carbonyl (C=O) groups is 1. The molecule has 2 heterocycles. The van der Waals surface area contributed by atoms with E-state index in [1.807, 2.05) is 30.3 Å². The number of phenols is 1. The van der Waals surface area contributed by atoms with Crippen LogP contribution in [-0.2, 0) is 4.79 Å². The molecule has 0 radical (unpaired) electrons. The number of aromatic hydroxyl groups is 1. The van der Waals surface area contributed by atoms with Crippen molar-refractivity contribution < 1.29 is 9.90 Å². The number of benzene rings is 2. The van der Waals surface area contributed by atoms with Crippen LogP contribution >= 0.6 is 54.5 Å². The van der Waals surface area contributed by atoms with Crippen LogP contribution in [0, 0.1) is 3.57 Å². The van der Waals surface area contributed by atoms with Crippen molar-refractivity contribution >= 4 is 105 Å². The van der Waals surface area contributed by atoms with E-state index in [0.29, 0.717) is 0 Å². The van der Waals surface area contributed by atoms with E-state index in [-0.39, 0.29) is 26.0 Å². The second kappa shape index (κ2) is 8.08. The van der Waals surface area contributed by atoms with E-state index in [4.69, 9.17) is 4.99 Å². The van der Waals surface area contributed by atoms with Crippen molar-refractivity contribution in [3.05, 3.63) is 77.3 Å². The maximum atomic E-state index is 12.4. The number of ketones is 1. The molecular weight excluding hydrogens is 716 g/mol. The van der Waals surface area contributed by atoms with Crippen molar-refractivity contribution in [3.8, 4) is 15.8 Å². The summed E-state index contributed by atoms with van der Waals surface area (Å²) in [7, 11) is -2.63. The molecule has 3 nitrogen and oxygen atoms in total. The molecule has 2 aromatic carbocycles. The monoisotopic (exact) mass is 729 g/mol. The van der Waals surface area contributed by atoms with E-state index in [9.17, 15) is 9.90 Å². The second-order valence-corrected chi connectivity index (χ2v) is 17.3. The van der Waals surface area contributed by atoms with E-state index >= 15 is 0 Å². The van der Waals surface area contributed by atoms with Crippen LogP contribution in [0.3, 0.4) is 0 Å². The zero-order chi connectivity index (χ0) is 21.9. The van der Waals surface area contributed by atoms with Crippen LogP contribution in [0.1, 0.15) is 0 Å². The van der Waals surface area contributed by atoms with Gasteiger partial charge >= 0.3 is 219 Å². The Balaban J connectivity index is 1.94. The first-order valence-corrected chi connectivity index (χ1v) is 16.3. The molecule has 0 amide bonds. The van der Waals surface area contributed by atoms with E-state index in [1.54, 1.807) is 18.2 Å². The van der Waals surface area contributed by atoms with Crippen molar-refractivity contribution in [3.63, 3.8) is 0 Å². The van der Waals surface area contributed by atoms with Gasteiger partial charge in [0.25, 0.3) is 0 Å². The predicted octanol–water partition coefficient (Wildman–Crippen LogP) is 5.13. The van der Waals surface area contributed by atoms with E-state index in [2.05, 4.69) is 73.1 Å². The van der Waals surface area contributed by atoms with Gasteiger partial charge in [-0.25, -0.2) is 0 Å². The Morgan fingerprint density at radius 1 is 1.10 bits per heavy atom. The number of carbonyl (C=O) groups excluding carboxylic acids is 1. The minimum absolute atomic E-state index is 0.0141. The quantitative estimate of drug-likeness (QED) is 0.226. The third-order valence-corrected chi connectivity index (χ3v) is 18.1. The van der Waals surface area contributed by atoms with Crippen molar-refractivity contribution in [1.29, 1.82) is 0 Å². The number of phenolic OH excluding ortho intramolecular Hbond substituents is 1. The Morgan fingerprint density at radius 2 is 1.84 bits per heavy atom. The number of halogens is 3. The van der Waals surface area contributed by atoms with Crippen molar-refractivity contribution in [2.24, 2.45) is 4.99 Å². The molecule has 5 rings (SSSR count). The Hall–Kier alpha value is -1.03. The molecule has 0 fully saturated rings. The van der Waals surface area contributed by atoms with E-state index in [0.717, 1.165) is 43.2 Å². The fourth-order valence-electron chi connectivity index (χ4n) is 4.28. The topological polar surface area (TPSA) is 49.7 Å². The van der Waals surface area contributed by atoms with Gasteiger partial charge in [0.2, 0.25) is 0 Å². The first-order valence-electron chi connectivity index (χ1n) is 9.41. The summed E-state index contributed by atoms with van der Waals surface area (Å²) in [4.78, 5) is 17.4. The molecular formula is C23H14Br2INO2SeSi. The van der Waals surface area contributed by atoms with Gasteiger partial charge in [-0.3, -0.25) is 0 Å². The molecule has 1 atom stereocenters. The van der Waals surface area contributed by atoms with E-state index < -0.39 is 8.07 Å².